The largest absolute Gasteiger partial charge is 0.382 e. The van der Waals surface area contributed by atoms with E-state index in [0.29, 0.717) is 29.1 Å². The topological polar surface area (TPSA) is 59.1 Å². The normalized spacial score (nSPS) is 20.8. The molecular weight excluding hydrogens is 315 g/mol. The summed E-state index contributed by atoms with van der Waals surface area (Å²) in [5.41, 5.74) is 0.535. The van der Waals surface area contributed by atoms with Crippen molar-refractivity contribution in [1.82, 2.24) is 4.98 Å². The van der Waals surface area contributed by atoms with Crippen molar-refractivity contribution in [1.29, 1.82) is 0 Å². The van der Waals surface area contributed by atoms with Crippen LogP contribution in [0.15, 0.2) is 24.4 Å². The summed E-state index contributed by atoms with van der Waals surface area (Å²) in [5, 5.41) is 3.99. The molecule has 4 nitrogen and oxygen atoms in total. The van der Waals surface area contributed by atoms with Gasteiger partial charge in [0.1, 0.15) is 5.52 Å². The van der Waals surface area contributed by atoms with Crippen molar-refractivity contribution in [2.45, 2.75) is 6.42 Å². The molecule has 1 N–H and O–H groups in total. The third-order valence-electron chi connectivity index (χ3n) is 3.71. The number of aromatic nitrogens is 1. The Morgan fingerprint density at radius 2 is 2.19 bits per heavy atom. The number of pyridine rings is 1. The van der Waals surface area contributed by atoms with Crippen LogP contribution in [0, 0.1) is 11.7 Å². The van der Waals surface area contributed by atoms with Crippen LogP contribution in [0.5, 0.6) is 0 Å². The predicted octanol–water partition coefficient (Wildman–Crippen LogP) is 2.87. The second-order valence-electron chi connectivity index (χ2n) is 5.27. The van der Waals surface area contributed by atoms with Gasteiger partial charge in [0.05, 0.1) is 22.2 Å². The zero-order valence-corrected chi connectivity index (χ0v) is 12.7. The fourth-order valence-corrected chi connectivity index (χ4v) is 4.65. The minimum atomic E-state index is -2.91. The van der Waals surface area contributed by atoms with Crippen LogP contribution in [0.1, 0.15) is 6.42 Å². The average molecular weight is 329 g/mol. The number of nitrogens with one attached hydrogen (secondary N) is 1. The first-order chi connectivity index (χ1) is 9.96. The maximum atomic E-state index is 14.4. The van der Waals surface area contributed by atoms with Crippen molar-refractivity contribution in [3.05, 3.63) is 35.2 Å². The Morgan fingerprint density at radius 3 is 2.90 bits per heavy atom. The zero-order chi connectivity index (χ0) is 15.0. The van der Waals surface area contributed by atoms with Crippen molar-refractivity contribution in [2.24, 2.45) is 5.92 Å². The van der Waals surface area contributed by atoms with Gasteiger partial charge in [-0.1, -0.05) is 11.6 Å². The second kappa shape index (κ2) is 5.42. The zero-order valence-electron chi connectivity index (χ0n) is 11.1. The molecule has 0 unspecified atom stereocenters. The standard InChI is InChI=1S/C14H14ClFN2O2S/c15-11-3-5-17-14-10(11)1-2-12(13(14)16)18-7-9-4-6-21(19,20)8-9/h1-3,5,9,18H,4,6-8H2/t9-/m0/s1. The molecule has 0 radical (unpaired) electrons. The average Bonchev–Trinajstić information content (AvgIpc) is 2.78. The van der Waals surface area contributed by atoms with Crippen LogP contribution in [-0.4, -0.2) is 31.5 Å². The smallest absolute Gasteiger partial charge is 0.172 e. The van der Waals surface area contributed by atoms with Gasteiger partial charge >= 0.3 is 0 Å². The van der Waals surface area contributed by atoms with Gasteiger partial charge in [0.25, 0.3) is 0 Å². The Labute approximate surface area is 127 Å². The number of hydrogen-bond donors (Lipinski definition) is 1. The molecule has 112 valence electrons. The van der Waals surface area contributed by atoms with Gasteiger partial charge in [-0.3, -0.25) is 4.98 Å². The molecule has 1 atom stereocenters. The number of anilines is 1. The molecule has 0 saturated carbocycles. The highest BCUT2D eigenvalue weighted by atomic mass is 35.5. The molecule has 1 fully saturated rings. The lowest BCUT2D eigenvalue weighted by molar-refractivity contribution is 0.594. The molecule has 1 aliphatic heterocycles. The van der Waals surface area contributed by atoms with Gasteiger partial charge in [0, 0.05) is 18.1 Å². The molecule has 21 heavy (non-hydrogen) atoms. The van der Waals surface area contributed by atoms with E-state index in [0.717, 1.165) is 0 Å². The number of fused-ring (bicyclic) bond motifs is 1. The van der Waals surface area contributed by atoms with Gasteiger partial charge in [-0.25, -0.2) is 12.8 Å². The molecule has 3 rings (SSSR count). The monoisotopic (exact) mass is 328 g/mol. The summed E-state index contributed by atoms with van der Waals surface area (Å²) in [6.07, 6.45) is 2.08. The van der Waals surface area contributed by atoms with Crippen molar-refractivity contribution < 1.29 is 12.8 Å². The van der Waals surface area contributed by atoms with E-state index in [1.807, 2.05) is 0 Å². The molecule has 2 heterocycles. The fraction of sp³-hybridized carbons (Fsp3) is 0.357. The maximum absolute atomic E-state index is 14.4. The quantitative estimate of drug-likeness (QED) is 0.941. The molecule has 0 spiro atoms. The first-order valence-electron chi connectivity index (χ1n) is 6.63. The highest BCUT2D eigenvalue weighted by Gasteiger charge is 2.27. The lowest BCUT2D eigenvalue weighted by atomic mass is 10.1. The van der Waals surface area contributed by atoms with E-state index in [9.17, 15) is 12.8 Å². The van der Waals surface area contributed by atoms with Gasteiger partial charge in [0.15, 0.2) is 15.7 Å². The Balaban J connectivity index is 1.80. The Hall–Kier alpha value is -1.40. The summed E-state index contributed by atoms with van der Waals surface area (Å²) in [5.74, 6) is -0.0519. The SMILES string of the molecule is O=S1(=O)CC[C@@H](CNc2ccc3c(Cl)ccnc3c2F)C1. The first-order valence-corrected chi connectivity index (χ1v) is 8.83. The van der Waals surface area contributed by atoms with E-state index in [2.05, 4.69) is 10.3 Å². The Kier molecular flexibility index (Phi) is 3.75. The van der Waals surface area contributed by atoms with Gasteiger partial charge in [0.2, 0.25) is 0 Å². The fourth-order valence-electron chi connectivity index (χ4n) is 2.57. The summed E-state index contributed by atoms with van der Waals surface area (Å²) < 4.78 is 37.2. The van der Waals surface area contributed by atoms with Crippen LogP contribution >= 0.6 is 11.6 Å². The second-order valence-corrected chi connectivity index (χ2v) is 7.90. The van der Waals surface area contributed by atoms with E-state index in [1.165, 1.54) is 6.20 Å². The highest BCUT2D eigenvalue weighted by molar-refractivity contribution is 7.91. The highest BCUT2D eigenvalue weighted by Crippen LogP contribution is 2.28. The number of sulfone groups is 1. The number of rotatable bonds is 3. The molecule has 0 bridgehead atoms. The van der Waals surface area contributed by atoms with Crippen LogP contribution in [0.3, 0.4) is 0 Å². The lowest BCUT2D eigenvalue weighted by Gasteiger charge is -2.12. The molecule has 0 amide bonds. The van der Waals surface area contributed by atoms with E-state index in [1.54, 1.807) is 18.2 Å². The van der Waals surface area contributed by atoms with Gasteiger partial charge in [-0.2, -0.15) is 0 Å². The van der Waals surface area contributed by atoms with E-state index >= 15 is 0 Å². The molecule has 2 aromatic rings. The van der Waals surface area contributed by atoms with Crippen LogP contribution < -0.4 is 5.32 Å². The maximum Gasteiger partial charge on any atom is 0.172 e. The predicted molar refractivity (Wildman–Crippen MR) is 82.0 cm³/mol. The van der Waals surface area contributed by atoms with Crippen LogP contribution in [0.25, 0.3) is 10.9 Å². The molecule has 1 aromatic heterocycles. The Bertz CT molecular complexity index is 795. The first kappa shape index (κ1) is 14.5. The van der Waals surface area contributed by atoms with E-state index < -0.39 is 15.7 Å². The number of nitrogens with zero attached hydrogens (tertiary/aromatic N) is 1. The third kappa shape index (κ3) is 2.96. The number of benzene rings is 1. The summed E-state index contributed by atoms with van der Waals surface area (Å²) in [6.45, 7) is 0.433. The summed E-state index contributed by atoms with van der Waals surface area (Å²) in [7, 11) is -2.91. The Morgan fingerprint density at radius 1 is 1.38 bits per heavy atom. The number of hydrogen-bond acceptors (Lipinski definition) is 4. The van der Waals surface area contributed by atoms with Crippen molar-refractivity contribution >= 4 is 38.0 Å². The minimum Gasteiger partial charge on any atom is -0.382 e. The minimum absolute atomic E-state index is 0.0254. The van der Waals surface area contributed by atoms with E-state index in [4.69, 9.17) is 11.6 Å². The van der Waals surface area contributed by atoms with Gasteiger partial charge < -0.3 is 5.32 Å². The third-order valence-corrected chi connectivity index (χ3v) is 5.87. The van der Waals surface area contributed by atoms with Crippen molar-refractivity contribution in [3.63, 3.8) is 0 Å². The molecule has 1 saturated heterocycles. The van der Waals surface area contributed by atoms with Crippen LogP contribution in [0.2, 0.25) is 5.02 Å². The van der Waals surface area contributed by atoms with Gasteiger partial charge in [-0.15, -0.1) is 0 Å². The number of halogens is 2. The van der Waals surface area contributed by atoms with Gasteiger partial charge in [-0.05, 0) is 30.5 Å². The molecular formula is C14H14ClFN2O2S. The summed E-state index contributed by atoms with van der Waals surface area (Å²) in [4.78, 5) is 4.01. The van der Waals surface area contributed by atoms with E-state index in [-0.39, 0.29) is 22.9 Å². The molecule has 7 heteroatoms. The molecule has 1 aromatic carbocycles. The van der Waals surface area contributed by atoms with Crippen molar-refractivity contribution in [3.8, 4) is 0 Å². The molecule has 0 aliphatic carbocycles. The molecule has 1 aliphatic rings. The summed E-state index contributed by atoms with van der Waals surface area (Å²) in [6, 6.07) is 4.93. The lowest BCUT2D eigenvalue weighted by Crippen LogP contribution is -2.16. The van der Waals surface area contributed by atoms with Crippen LogP contribution in [-0.2, 0) is 9.84 Å². The van der Waals surface area contributed by atoms with Crippen molar-refractivity contribution in [2.75, 3.05) is 23.4 Å². The summed E-state index contributed by atoms with van der Waals surface area (Å²) >= 11 is 6.00. The van der Waals surface area contributed by atoms with Crippen LogP contribution in [0.4, 0.5) is 10.1 Å².